The van der Waals surface area contributed by atoms with E-state index in [1.54, 1.807) is 0 Å². The Kier molecular flexibility index (Phi) is 5.09. The van der Waals surface area contributed by atoms with Crippen LogP contribution >= 0.6 is 0 Å². The van der Waals surface area contributed by atoms with E-state index in [1.807, 2.05) is 0 Å². The molecule has 0 fully saturated rings. The van der Waals surface area contributed by atoms with Gasteiger partial charge in [0.05, 0.1) is 0 Å². The van der Waals surface area contributed by atoms with Crippen LogP contribution in [0.3, 0.4) is 0 Å². The van der Waals surface area contributed by atoms with Gasteiger partial charge in [0.15, 0.2) is 16.6 Å². The van der Waals surface area contributed by atoms with Gasteiger partial charge in [-0.25, -0.2) is 0 Å². The van der Waals surface area contributed by atoms with E-state index in [-0.39, 0.29) is 6.29 Å². The van der Waals surface area contributed by atoms with Crippen molar-refractivity contribution in [3.05, 3.63) is 6.04 Å². The molecule has 0 saturated heterocycles. The summed E-state index contributed by atoms with van der Waals surface area (Å²) in [7, 11) is -1.88. The Bertz CT molecular complexity index is 132. The maximum atomic E-state index is 5.89. The lowest BCUT2D eigenvalue weighted by Crippen LogP contribution is -2.40. The molecule has 13 heavy (non-hydrogen) atoms. The highest BCUT2D eigenvalue weighted by Crippen LogP contribution is 2.14. The molecule has 0 atom stereocenters. The van der Waals surface area contributed by atoms with Crippen LogP contribution in [0.2, 0.25) is 39.3 Å². The molecule has 0 bridgehead atoms. The smallest absolute Gasteiger partial charge is 0.187 e. The zero-order chi connectivity index (χ0) is 10.7. The largest absolute Gasteiger partial charge is 0.394 e. The van der Waals surface area contributed by atoms with Crippen LogP contribution in [0.5, 0.6) is 0 Å². The van der Waals surface area contributed by atoms with E-state index in [9.17, 15) is 0 Å². The molecule has 79 valence electrons. The molecule has 0 N–H and O–H groups in total. The van der Waals surface area contributed by atoms with Gasteiger partial charge in [-0.15, -0.1) is 0 Å². The topological polar surface area (TPSA) is 18.5 Å². The van der Waals surface area contributed by atoms with Gasteiger partial charge >= 0.3 is 0 Å². The molecule has 0 aromatic carbocycles. The molecule has 0 spiro atoms. The molecule has 0 unspecified atom stereocenters. The Balaban J connectivity index is 4.05. The SMILES string of the molecule is C[Si](C)(C)OC([CH][SiH3])O[Si](C)(C)C. The van der Waals surface area contributed by atoms with Crippen molar-refractivity contribution in [2.24, 2.45) is 0 Å². The van der Waals surface area contributed by atoms with Crippen LogP contribution in [0.4, 0.5) is 0 Å². The van der Waals surface area contributed by atoms with Gasteiger partial charge in [0.25, 0.3) is 0 Å². The van der Waals surface area contributed by atoms with Gasteiger partial charge in [-0.3, -0.25) is 0 Å². The molecule has 0 aromatic rings. The molecule has 5 heteroatoms. The van der Waals surface area contributed by atoms with Crippen LogP contribution in [0.25, 0.3) is 0 Å². The molecule has 0 saturated carbocycles. The minimum Gasteiger partial charge on any atom is -0.394 e. The Hall–Kier alpha value is 0.571. The quantitative estimate of drug-likeness (QED) is 0.532. The van der Waals surface area contributed by atoms with Crippen LogP contribution < -0.4 is 0 Å². The highest BCUT2D eigenvalue weighted by atomic mass is 28.4. The summed E-state index contributed by atoms with van der Waals surface area (Å²) in [6.45, 7) is 13.2. The fourth-order valence-electron chi connectivity index (χ4n) is 0.857. The number of hydrogen-bond acceptors (Lipinski definition) is 2. The zero-order valence-corrected chi connectivity index (χ0v) is 14.0. The van der Waals surface area contributed by atoms with Crippen molar-refractivity contribution >= 4 is 26.9 Å². The first-order valence-corrected chi connectivity index (χ1v) is 12.8. The maximum Gasteiger partial charge on any atom is 0.187 e. The highest BCUT2D eigenvalue weighted by molar-refractivity contribution is 6.70. The monoisotopic (exact) mass is 235 g/mol. The first kappa shape index (κ1) is 13.6. The molecular weight excluding hydrogens is 212 g/mol. The molecule has 0 aromatic heterocycles. The van der Waals surface area contributed by atoms with Crippen LogP contribution in [0.15, 0.2) is 0 Å². The van der Waals surface area contributed by atoms with Crippen molar-refractivity contribution < 1.29 is 8.85 Å². The second-order valence-corrected chi connectivity index (χ2v) is 14.7. The van der Waals surface area contributed by atoms with Gasteiger partial charge < -0.3 is 8.85 Å². The lowest BCUT2D eigenvalue weighted by atomic mass is 10.8. The van der Waals surface area contributed by atoms with Crippen molar-refractivity contribution in [3.8, 4) is 0 Å². The first-order valence-electron chi connectivity index (χ1n) is 4.79. The van der Waals surface area contributed by atoms with Gasteiger partial charge in [0.1, 0.15) is 6.29 Å². The maximum absolute atomic E-state index is 5.89. The first-order chi connectivity index (χ1) is 5.64. The Morgan fingerprint density at radius 2 is 1.23 bits per heavy atom. The van der Waals surface area contributed by atoms with Crippen molar-refractivity contribution in [2.45, 2.75) is 45.6 Å². The van der Waals surface area contributed by atoms with Crippen LogP contribution in [-0.2, 0) is 8.85 Å². The predicted molar refractivity (Wildman–Crippen MR) is 66.9 cm³/mol. The average Bonchev–Trinajstić information content (AvgIpc) is 1.79. The van der Waals surface area contributed by atoms with Gasteiger partial charge in [0, 0.05) is 10.2 Å². The summed E-state index contributed by atoms with van der Waals surface area (Å²) in [6.07, 6.45) is -0.0370. The van der Waals surface area contributed by atoms with Gasteiger partial charge in [-0.2, -0.15) is 0 Å². The standard InChI is InChI=1S/C8H23O2Si3/c1-12(2,3)9-8(7-11)10-13(4,5)6/h7-8H,1-6,11H3. The molecule has 0 rings (SSSR count). The summed E-state index contributed by atoms with van der Waals surface area (Å²) in [4.78, 5) is 0. The fraction of sp³-hybridized carbons (Fsp3) is 0.875. The van der Waals surface area contributed by atoms with E-state index < -0.39 is 16.6 Å². The Morgan fingerprint density at radius 1 is 0.923 bits per heavy atom. The zero-order valence-electron chi connectivity index (χ0n) is 9.97. The molecule has 0 aliphatic carbocycles. The summed E-state index contributed by atoms with van der Waals surface area (Å²) in [6, 6.07) is 2.14. The Morgan fingerprint density at radius 3 is 1.38 bits per heavy atom. The van der Waals surface area contributed by atoms with E-state index in [0.29, 0.717) is 0 Å². The van der Waals surface area contributed by atoms with Crippen LogP contribution in [-0.4, -0.2) is 33.2 Å². The third-order valence-corrected chi connectivity index (χ3v) is 3.63. The highest BCUT2D eigenvalue weighted by Gasteiger charge is 2.25. The van der Waals surface area contributed by atoms with Crippen LogP contribution in [0.1, 0.15) is 0 Å². The van der Waals surface area contributed by atoms with Crippen molar-refractivity contribution in [3.63, 3.8) is 0 Å². The summed E-state index contributed by atoms with van der Waals surface area (Å²) >= 11 is 0. The minimum atomic E-state index is -1.45. The minimum absolute atomic E-state index is 0.0370. The molecule has 1 radical (unpaired) electrons. The van der Waals surface area contributed by atoms with Crippen LogP contribution in [0, 0.1) is 6.04 Å². The van der Waals surface area contributed by atoms with Crippen molar-refractivity contribution in [1.82, 2.24) is 0 Å². The van der Waals surface area contributed by atoms with E-state index >= 15 is 0 Å². The molecule has 2 nitrogen and oxygen atoms in total. The molecule has 0 amide bonds. The fourth-order valence-corrected chi connectivity index (χ4v) is 3.53. The predicted octanol–water partition coefficient (Wildman–Crippen LogP) is 1.54. The van der Waals surface area contributed by atoms with Crippen molar-refractivity contribution in [1.29, 1.82) is 0 Å². The third kappa shape index (κ3) is 8.89. The van der Waals surface area contributed by atoms with Gasteiger partial charge in [-0.1, -0.05) is 0 Å². The van der Waals surface area contributed by atoms with Crippen molar-refractivity contribution in [2.75, 3.05) is 0 Å². The number of hydrogen-bond donors (Lipinski definition) is 0. The number of rotatable bonds is 5. The Labute approximate surface area is 87.7 Å². The van der Waals surface area contributed by atoms with Gasteiger partial charge in [0.2, 0.25) is 0 Å². The second kappa shape index (κ2) is 4.88. The van der Waals surface area contributed by atoms with Gasteiger partial charge in [-0.05, 0) is 45.3 Å². The van der Waals surface area contributed by atoms with E-state index in [1.165, 1.54) is 0 Å². The lowest BCUT2D eigenvalue weighted by molar-refractivity contribution is 0.0275. The summed E-state index contributed by atoms with van der Waals surface area (Å²) in [5.41, 5.74) is 0. The molecule has 0 heterocycles. The summed E-state index contributed by atoms with van der Waals surface area (Å²) in [5.74, 6) is 0. The summed E-state index contributed by atoms with van der Waals surface area (Å²) in [5, 5.41) is 0. The molecule has 0 aliphatic heterocycles. The third-order valence-electron chi connectivity index (χ3n) is 1.21. The molecular formula is C8H23O2Si3. The second-order valence-electron chi connectivity index (χ2n) is 5.16. The summed E-state index contributed by atoms with van der Waals surface area (Å²) < 4.78 is 11.8. The average molecular weight is 236 g/mol. The lowest BCUT2D eigenvalue weighted by Gasteiger charge is -2.30. The van der Waals surface area contributed by atoms with E-state index in [2.05, 4.69) is 45.3 Å². The molecule has 0 aliphatic rings. The van der Waals surface area contributed by atoms with E-state index in [4.69, 9.17) is 8.85 Å². The normalized spacial score (nSPS) is 14.1. The van der Waals surface area contributed by atoms with E-state index in [0.717, 1.165) is 10.2 Å².